The van der Waals surface area contributed by atoms with Crippen molar-refractivity contribution in [1.82, 2.24) is 0 Å². The Kier molecular flexibility index (Phi) is 7.40. The molecule has 2 aromatic rings. The highest BCUT2D eigenvalue weighted by molar-refractivity contribution is 5.58. The van der Waals surface area contributed by atoms with Crippen LogP contribution >= 0.6 is 0 Å². The van der Waals surface area contributed by atoms with Crippen LogP contribution in [-0.2, 0) is 0 Å². The summed E-state index contributed by atoms with van der Waals surface area (Å²) in [6, 6.07) is 7.24. The number of nitro benzene ring substituents is 2. The van der Waals surface area contributed by atoms with Crippen molar-refractivity contribution in [3.8, 4) is 11.5 Å². The fourth-order valence-electron chi connectivity index (χ4n) is 2.29. The van der Waals surface area contributed by atoms with E-state index in [9.17, 15) is 25.4 Å². The van der Waals surface area contributed by atoms with Gasteiger partial charge < -0.3 is 14.7 Å². The first-order valence-electron chi connectivity index (χ1n) is 8.88. The molecule has 154 valence electrons. The molecule has 29 heavy (non-hydrogen) atoms. The predicted molar refractivity (Wildman–Crippen MR) is 103 cm³/mol. The molecular formula is C18H20N4O7. The van der Waals surface area contributed by atoms with Crippen LogP contribution in [0.5, 0.6) is 11.5 Å². The van der Waals surface area contributed by atoms with Gasteiger partial charge in [0.15, 0.2) is 17.2 Å². The lowest BCUT2D eigenvalue weighted by Crippen LogP contribution is -2.02. The van der Waals surface area contributed by atoms with E-state index in [1.165, 1.54) is 24.3 Å². The van der Waals surface area contributed by atoms with E-state index in [0.29, 0.717) is 26.1 Å². The van der Waals surface area contributed by atoms with Gasteiger partial charge in [-0.2, -0.15) is 0 Å². The number of nitrogens with zero attached hydrogens (tertiary/aromatic N) is 4. The van der Waals surface area contributed by atoms with Crippen LogP contribution in [-0.4, -0.2) is 27.9 Å². The van der Waals surface area contributed by atoms with Crippen LogP contribution in [0.4, 0.5) is 22.7 Å². The molecule has 2 rings (SSSR count). The summed E-state index contributed by atoms with van der Waals surface area (Å²) >= 11 is 0. The van der Waals surface area contributed by atoms with Crippen molar-refractivity contribution in [1.29, 1.82) is 0 Å². The maximum absolute atomic E-state index is 12.7. The zero-order chi connectivity index (χ0) is 21.4. The van der Waals surface area contributed by atoms with E-state index in [4.69, 9.17) is 9.47 Å². The van der Waals surface area contributed by atoms with E-state index in [2.05, 4.69) is 5.11 Å². The van der Waals surface area contributed by atoms with Gasteiger partial charge in [0.25, 0.3) is 17.1 Å². The molecule has 0 amide bonds. The van der Waals surface area contributed by atoms with E-state index in [0.717, 1.165) is 12.1 Å². The summed E-state index contributed by atoms with van der Waals surface area (Å²) in [6.45, 7) is 4.36. The Balaban J connectivity index is 2.55. The average Bonchev–Trinajstić information content (AvgIpc) is 2.70. The van der Waals surface area contributed by atoms with Crippen LogP contribution in [0.15, 0.2) is 41.5 Å². The van der Waals surface area contributed by atoms with Crippen LogP contribution < -0.4 is 9.47 Å². The molecule has 0 aliphatic carbocycles. The number of rotatable bonds is 10. The largest absolute Gasteiger partial charge is 0.594 e. The summed E-state index contributed by atoms with van der Waals surface area (Å²) in [7, 11) is 0. The molecule has 0 unspecified atom stereocenters. The molecule has 0 bridgehead atoms. The molecule has 0 radical (unpaired) electrons. The third-order valence-electron chi connectivity index (χ3n) is 3.63. The number of hydrogen-bond donors (Lipinski definition) is 0. The molecule has 0 aromatic heterocycles. The number of azo groups is 1. The average molecular weight is 404 g/mol. The van der Waals surface area contributed by atoms with E-state index in [1.54, 1.807) is 0 Å². The van der Waals surface area contributed by atoms with Gasteiger partial charge in [-0.1, -0.05) is 13.8 Å². The number of ether oxygens (including phenoxy) is 2. The molecule has 0 saturated carbocycles. The van der Waals surface area contributed by atoms with Crippen LogP contribution in [0.2, 0.25) is 0 Å². The second-order valence-electron chi connectivity index (χ2n) is 5.89. The number of nitro groups is 2. The van der Waals surface area contributed by atoms with Crippen LogP contribution in [0, 0.1) is 25.4 Å². The van der Waals surface area contributed by atoms with Crippen molar-refractivity contribution < 1.29 is 24.2 Å². The van der Waals surface area contributed by atoms with Crippen molar-refractivity contribution in [2.45, 2.75) is 26.7 Å². The normalized spacial score (nSPS) is 11.2. The van der Waals surface area contributed by atoms with Gasteiger partial charge in [0.1, 0.15) is 0 Å². The second-order valence-corrected chi connectivity index (χ2v) is 5.89. The molecule has 0 aliphatic heterocycles. The molecule has 0 saturated heterocycles. The first-order chi connectivity index (χ1) is 13.9. The molecular weight excluding hydrogens is 384 g/mol. The molecule has 2 aromatic carbocycles. The van der Waals surface area contributed by atoms with Gasteiger partial charge in [0.2, 0.25) is 0 Å². The van der Waals surface area contributed by atoms with Gasteiger partial charge in [-0.05, 0) is 29.8 Å². The minimum absolute atomic E-state index is 0.0735. The Labute approximate surface area is 166 Å². The Morgan fingerprint density at radius 2 is 1.34 bits per heavy atom. The molecule has 0 N–H and O–H groups in total. The molecule has 0 atom stereocenters. The third-order valence-corrected chi connectivity index (χ3v) is 3.63. The molecule has 0 spiro atoms. The fraction of sp³-hybridized carbons (Fsp3) is 0.333. The first-order valence-corrected chi connectivity index (χ1v) is 8.88. The topological polar surface area (TPSA) is 143 Å². The number of benzene rings is 2. The highest BCUT2D eigenvalue weighted by atomic mass is 16.6. The van der Waals surface area contributed by atoms with E-state index < -0.39 is 9.85 Å². The van der Waals surface area contributed by atoms with Crippen molar-refractivity contribution >= 4 is 22.7 Å². The fourth-order valence-corrected chi connectivity index (χ4v) is 2.29. The lowest BCUT2D eigenvalue weighted by Gasteiger charge is -2.09. The minimum Gasteiger partial charge on any atom is -0.594 e. The maximum atomic E-state index is 12.7. The van der Waals surface area contributed by atoms with Gasteiger partial charge in [-0.3, -0.25) is 20.2 Å². The van der Waals surface area contributed by atoms with Gasteiger partial charge in [0, 0.05) is 17.2 Å². The molecule has 0 fully saturated rings. The SMILES string of the molecule is CCCOc1ccc([N+](=O)[O-])cc1N=[N+]([O-])c1cc([N+](=O)[O-])ccc1OCCC. The van der Waals surface area contributed by atoms with Crippen molar-refractivity contribution in [3.63, 3.8) is 0 Å². The quantitative estimate of drug-likeness (QED) is 0.234. The highest BCUT2D eigenvalue weighted by Gasteiger charge is 2.21. The lowest BCUT2D eigenvalue weighted by atomic mass is 10.2. The summed E-state index contributed by atoms with van der Waals surface area (Å²) in [5.74, 6) is 0.289. The second kappa shape index (κ2) is 9.97. The van der Waals surface area contributed by atoms with Gasteiger partial charge >= 0.3 is 0 Å². The first kappa shape index (κ1) is 21.5. The maximum Gasteiger partial charge on any atom is 0.293 e. The van der Waals surface area contributed by atoms with Gasteiger partial charge in [0.05, 0.1) is 35.2 Å². The molecule has 11 heteroatoms. The summed E-state index contributed by atoms with van der Waals surface area (Å²) in [5.41, 5.74) is -0.861. The van der Waals surface area contributed by atoms with Crippen LogP contribution in [0.3, 0.4) is 0 Å². The lowest BCUT2D eigenvalue weighted by molar-refractivity contribution is -0.437. The van der Waals surface area contributed by atoms with Crippen molar-refractivity contribution in [2.24, 2.45) is 5.11 Å². The standard InChI is InChI=1S/C18H20N4O7/c1-3-9-28-17-7-5-13(21(24)25)11-15(17)19-20(23)16-12-14(22(26)27)6-8-18(16)29-10-4-2/h5-8,11-12H,3-4,9-10H2,1-2H3. The number of hydrogen-bond acceptors (Lipinski definition) is 8. The number of non-ortho nitro benzene ring substituents is 2. The smallest absolute Gasteiger partial charge is 0.293 e. The molecule has 0 aliphatic rings. The Morgan fingerprint density at radius 1 is 0.828 bits per heavy atom. The predicted octanol–water partition coefficient (Wildman–Crippen LogP) is 5.01. The Bertz CT molecular complexity index is 930. The highest BCUT2D eigenvalue weighted by Crippen LogP contribution is 2.36. The van der Waals surface area contributed by atoms with Gasteiger partial charge in [-0.15, -0.1) is 0 Å². The molecule has 0 heterocycles. The van der Waals surface area contributed by atoms with Crippen molar-refractivity contribution in [3.05, 3.63) is 61.8 Å². The van der Waals surface area contributed by atoms with E-state index >= 15 is 0 Å². The zero-order valence-corrected chi connectivity index (χ0v) is 15.9. The summed E-state index contributed by atoms with van der Waals surface area (Å²) < 4.78 is 11.0. The van der Waals surface area contributed by atoms with Gasteiger partial charge in [-0.25, -0.2) is 0 Å². The summed E-state index contributed by atoms with van der Waals surface area (Å²) in [4.78, 5) is 21.0. The summed E-state index contributed by atoms with van der Waals surface area (Å²) in [5, 5.41) is 38.7. The minimum atomic E-state index is -0.649. The Hall–Kier alpha value is -3.76. The Morgan fingerprint density at radius 3 is 1.90 bits per heavy atom. The monoisotopic (exact) mass is 404 g/mol. The van der Waals surface area contributed by atoms with Crippen LogP contribution in [0.1, 0.15) is 26.7 Å². The van der Waals surface area contributed by atoms with Crippen LogP contribution in [0.25, 0.3) is 0 Å². The van der Waals surface area contributed by atoms with E-state index in [1.807, 2.05) is 13.8 Å². The summed E-state index contributed by atoms with van der Waals surface area (Å²) in [6.07, 6.45) is 1.34. The zero-order valence-electron chi connectivity index (χ0n) is 15.9. The van der Waals surface area contributed by atoms with E-state index in [-0.39, 0.29) is 39.1 Å². The van der Waals surface area contributed by atoms with Crippen molar-refractivity contribution in [2.75, 3.05) is 13.2 Å². The molecule has 11 nitrogen and oxygen atoms in total. The third kappa shape index (κ3) is 5.61.